The minimum absolute atomic E-state index is 0.254. The first kappa shape index (κ1) is 18.5. The third kappa shape index (κ3) is 9.46. The Hall–Kier alpha value is -1.47. The Balaban J connectivity index is 4.64. The standard InChI is InChI=1S/C12H21F3N2O3/c1-11(2,3)6-8(5-9(18)19)16-10(20)17(4)7-12(13,14)15/h8H,5-7H2,1-4H3,(H,16,20)(H,18,19). The summed E-state index contributed by atoms with van der Waals surface area (Å²) in [5.41, 5.74) is -0.254. The number of alkyl halides is 3. The first-order chi connectivity index (χ1) is 8.80. The predicted molar refractivity (Wildman–Crippen MR) is 67.3 cm³/mol. The zero-order chi connectivity index (χ0) is 16.1. The summed E-state index contributed by atoms with van der Waals surface area (Å²) in [5, 5.41) is 11.1. The third-order valence-electron chi connectivity index (χ3n) is 2.37. The van der Waals surface area contributed by atoms with Crippen molar-refractivity contribution in [2.24, 2.45) is 5.41 Å². The van der Waals surface area contributed by atoms with Crippen molar-refractivity contribution in [2.45, 2.75) is 45.8 Å². The molecule has 0 aromatic carbocycles. The molecule has 0 aliphatic carbocycles. The van der Waals surface area contributed by atoms with Crippen molar-refractivity contribution >= 4 is 12.0 Å². The van der Waals surface area contributed by atoms with Crippen molar-refractivity contribution in [2.75, 3.05) is 13.6 Å². The molecule has 1 unspecified atom stereocenters. The summed E-state index contributed by atoms with van der Waals surface area (Å²) in [6, 6.07) is -1.64. The van der Waals surface area contributed by atoms with Crippen LogP contribution in [-0.4, -0.2) is 47.8 Å². The fourth-order valence-corrected chi connectivity index (χ4v) is 1.75. The summed E-state index contributed by atoms with van der Waals surface area (Å²) in [5.74, 6) is -1.11. The molecule has 0 spiro atoms. The fraction of sp³-hybridized carbons (Fsp3) is 0.833. The van der Waals surface area contributed by atoms with E-state index in [0.29, 0.717) is 11.3 Å². The van der Waals surface area contributed by atoms with Crippen molar-refractivity contribution in [1.82, 2.24) is 10.2 Å². The van der Waals surface area contributed by atoms with Gasteiger partial charge in [-0.1, -0.05) is 20.8 Å². The summed E-state index contributed by atoms with van der Waals surface area (Å²) in [7, 11) is 1.01. The second kappa shape index (κ2) is 6.81. The van der Waals surface area contributed by atoms with Crippen LogP contribution < -0.4 is 5.32 Å². The molecule has 2 amide bonds. The topological polar surface area (TPSA) is 69.6 Å². The van der Waals surface area contributed by atoms with Gasteiger partial charge in [0.05, 0.1) is 6.42 Å². The van der Waals surface area contributed by atoms with E-state index in [1.807, 2.05) is 20.8 Å². The molecule has 20 heavy (non-hydrogen) atoms. The van der Waals surface area contributed by atoms with Crippen LogP contribution in [-0.2, 0) is 4.79 Å². The number of hydrogen-bond acceptors (Lipinski definition) is 2. The Morgan fingerprint density at radius 2 is 1.75 bits per heavy atom. The Labute approximate surface area is 116 Å². The average Bonchev–Trinajstić information content (AvgIpc) is 2.10. The lowest BCUT2D eigenvalue weighted by atomic mass is 9.87. The summed E-state index contributed by atoms with van der Waals surface area (Å²) in [6.45, 7) is 4.18. The van der Waals surface area contributed by atoms with E-state index in [4.69, 9.17) is 5.11 Å². The maximum Gasteiger partial charge on any atom is 0.406 e. The minimum Gasteiger partial charge on any atom is -0.481 e. The molecule has 0 fully saturated rings. The van der Waals surface area contributed by atoms with Gasteiger partial charge in [-0.2, -0.15) is 13.2 Å². The maximum atomic E-state index is 12.2. The quantitative estimate of drug-likeness (QED) is 0.819. The van der Waals surface area contributed by atoms with E-state index in [9.17, 15) is 22.8 Å². The van der Waals surface area contributed by atoms with Gasteiger partial charge in [0.15, 0.2) is 0 Å². The van der Waals surface area contributed by atoms with Gasteiger partial charge in [-0.15, -0.1) is 0 Å². The van der Waals surface area contributed by atoms with Crippen LogP contribution in [0.15, 0.2) is 0 Å². The van der Waals surface area contributed by atoms with Gasteiger partial charge in [-0.05, 0) is 11.8 Å². The number of nitrogens with one attached hydrogen (secondary N) is 1. The second-order valence-electron chi connectivity index (χ2n) is 5.98. The molecule has 1 atom stereocenters. The Kier molecular flexibility index (Phi) is 6.31. The van der Waals surface area contributed by atoms with Crippen LogP contribution in [0.25, 0.3) is 0 Å². The normalized spacial score (nSPS) is 13.8. The van der Waals surface area contributed by atoms with Crippen LogP contribution in [0.2, 0.25) is 0 Å². The lowest BCUT2D eigenvalue weighted by Gasteiger charge is -2.28. The number of aliphatic carboxylic acids is 1. The van der Waals surface area contributed by atoms with E-state index in [1.54, 1.807) is 0 Å². The van der Waals surface area contributed by atoms with Crippen LogP contribution >= 0.6 is 0 Å². The predicted octanol–water partition coefficient (Wildman–Crippen LogP) is 2.47. The van der Waals surface area contributed by atoms with E-state index in [2.05, 4.69) is 5.32 Å². The van der Waals surface area contributed by atoms with Crippen molar-refractivity contribution < 1.29 is 27.9 Å². The highest BCUT2D eigenvalue weighted by Crippen LogP contribution is 2.22. The molecule has 0 rings (SSSR count). The van der Waals surface area contributed by atoms with Crippen LogP contribution in [0.4, 0.5) is 18.0 Å². The number of carboxylic acids is 1. The summed E-state index contributed by atoms with van der Waals surface area (Å²) >= 11 is 0. The van der Waals surface area contributed by atoms with Crippen molar-refractivity contribution in [3.05, 3.63) is 0 Å². The van der Waals surface area contributed by atoms with Gasteiger partial charge in [0.2, 0.25) is 0 Å². The first-order valence-corrected chi connectivity index (χ1v) is 6.10. The van der Waals surface area contributed by atoms with E-state index in [-0.39, 0.29) is 11.8 Å². The minimum atomic E-state index is -4.49. The van der Waals surface area contributed by atoms with E-state index >= 15 is 0 Å². The molecule has 2 N–H and O–H groups in total. The molecule has 5 nitrogen and oxygen atoms in total. The number of nitrogens with zero attached hydrogens (tertiary/aromatic N) is 1. The van der Waals surface area contributed by atoms with Crippen LogP contribution in [0.1, 0.15) is 33.6 Å². The third-order valence-corrected chi connectivity index (χ3v) is 2.37. The second-order valence-corrected chi connectivity index (χ2v) is 5.98. The number of carbonyl (C=O) groups is 2. The lowest BCUT2D eigenvalue weighted by molar-refractivity contribution is -0.139. The number of halogens is 3. The molecule has 8 heteroatoms. The summed E-state index contributed by atoms with van der Waals surface area (Å²) in [6.07, 6.45) is -4.47. The molecule has 0 aromatic heterocycles. The molecule has 0 aromatic rings. The molecule has 0 aliphatic heterocycles. The van der Waals surface area contributed by atoms with Crippen molar-refractivity contribution in [3.63, 3.8) is 0 Å². The average molecular weight is 298 g/mol. The summed E-state index contributed by atoms with van der Waals surface area (Å²) in [4.78, 5) is 22.8. The van der Waals surface area contributed by atoms with Gasteiger partial charge in [0.25, 0.3) is 0 Å². The molecule has 0 aliphatic rings. The van der Waals surface area contributed by atoms with Crippen molar-refractivity contribution in [3.8, 4) is 0 Å². The molecule has 0 saturated carbocycles. The van der Waals surface area contributed by atoms with Gasteiger partial charge in [-0.3, -0.25) is 4.79 Å². The number of amides is 2. The molecule has 0 bridgehead atoms. The van der Waals surface area contributed by atoms with E-state index in [1.165, 1.54) is 0 Å². The van der Waals surface area contributed by atoms with Gasteiger partial charge in [0.1, 0.15) is 6.54 Å². The largest absolute Gasteiger partial charge is 0.481 e. The van der Waals surface area contributed by atoms with Crippen molar-refractivity contribution in [1.29, 1.82) is 0 Å². The van der Waals surface area contributed by atoms with Gasteiger partial charge in [0, 0.05) is 13.1 Å². The zero-order valence-electron chi connectivity index (χ0n) is 12.0. The number of carboxylic acid groups (broad SMARTS) is 1. The number of carbonyl (C=O) groups excluding carboxylic acids is 1. The number of hydrogen-bond donors (Lipinski definition) is 2. The zero-order valence-corrected chi connectivity index (χ0v) is 12.0. The summed E-state index contributed by atoms with van der Waals surface area (Å²) < 4.78 is 36.5. The molecular formula is C12H21F3N2O3. The lowest BCUT2D eigenvalue weighted by Crippen LogP contribution is -2.47. The van der Waals surface area contributed by atoms with E-state index in [0.717, 1.165) is 7.05 Å². The van der Waals surface area contributed by atoms with Crippen LogP contribution in [0.5, 0.6) is 0 Å². The molecule has 0 radical (unpaired) electrons. The van der Waals surface area contributed by atoms with Gasteiger partial charge < -0.3 is 15.3 Å². The Morgan fingerprint density at radius 1 is 1.25 bits per heavy atom. The smallest absolute Gasteiger partial charge is 0.406 e. The number of rotatable bonds is 5. The monoisotopic (exact) mass is 298 g/mol. The highest BCUT2D eigenvalue weighted by Gasteiger charge is 2.32. The molecule has 0 saturated heterocycles. The first-order valence-electron chi connectivity index (χ1n) is 6.10. The SMILES string of the molecule is CN(CC(F)(F)F)C(=O)NC(CC(=O)O)CC(C)(C)C. The highest BCUT2D eigenvalue weighted by molar-refractivity contribution is 5.75. The van der Waals surface area contributed by atoms with E-state index < -0.39 is 30.8 Å². The molecule has 118 valence electrons. The van der Waals surface area contributed by atoms with Gasteiger partial charge in [-0.25, -0.2) is 4.79 Å². The molecule has 0 heterocycles. The maximum absolute atomic E-state index is 12.2. The van der Waals surface area contributed by atoms with Gasteiger partial charge >= 0.3 is 18.2 Å². The van der Waals surface area contributed by atoms with Crippen LogP contribution in [0, 0.1) is 5.41 Å². The number of urea groups is 1. The van der Waals surface area contributed by atoms with Crippen LogP contribution in [0.3, 0.4) is 0 Å². The Bertz CT molecular complexity index is 351. The highest BCUT2D eigenvalue weighted by atomic mass is 19.4. The Morgan fingerprint density at radius 3 is 2.10 bits per heavy atom. The molecular weight excluding hydrogens is 277 g/mol. The fourth-order valence-electron chi connectivity index (χ4n) is 1.75.